The highest BCUT2D eigenvalue weighted by Gasteiger charge is 2.25. The van der Waals surface area contributed by atoms with Crippen LogP contribution in [0.2, 0.25) is 0 Å². The smallest absolute Gasteiger partial charge is 0.234 e. The van der Waals surface area contributed by atoms with E-state index in [1.165, 1.54) is 0 Å². The molecule has 0 spiro atoms. The van der Waals surface area contributed by atoms with Gasteiger partial charge in [-0.2, -0.15) is 0 Å². The first-order chi connectivity index (χ1) is 10.7. The molecule has 7 heteroatoms. The van der Waals surface area contributed by atoms with E-state index >= 15 is 0 Å². The number of nitrogens with zero attached hydrogens (tertiary/aromatic N) is 2. The molecule has 2 aromatic heterocycles. The summed E-state index contributed by atoms with van der Waals surface area (Å²) in [7, 11) is 0. The fraction of sp³-hybridized carbons (Fsp3) is 0.467. The molecule has 1 aliphatic heterocycles. The van der Waals surface area contributed by atoms with Crippen molar-refractivity contribution in [2.24, 2.45) is 0 Å². The van der Waals surface area contributed by atoms with Crippen LogP contribution in [0.5, 0.6) is 0 Å². The number of morpholine rings is 1. The molecular formula is C15H19N3O3S. The first-order valence-corrected chi connectivity index (χ1v) is 8.14. The van der Waals surface area contributed by atoms with Gasteiger partial charge in [0.05, 0.1) is 26.0 Å². The Morgan fingerprint density at radius 2 is 2.50 bits per heavy atom. The van der Waals surface area contributed by atoms with Gasteiger partial charge in [0.15, 0.2) is 0 Å². The number of carbonyl (C=O) groups excluding carboxylic acids is 1. The highest BCUT2D eigenvalue weighted by atomic mass is 32.1. The van der Waals surface area contributed by atoms with Crippen LogP contribution in [0.15, 0.2) is 28.2 Å². The SMILES string of the molecule is Cc1csc(C2CN(CC(=O)NCc3ccco3)CCO2)n1. The van der Waals surface area contributed by atoms with Crippen molar-refractivity contribution in [2.45, 2.75) is 19.6 Å². The van der Waals surface area contributed by atoms with Crippen LogP contribution in [-0.2, 0) is 16.1 Å². The second-order valence-corrected chi connectivity index (χ2v) is 6.17. The van der Waals surface area contributed by atoms with E-state index in [1.807, 2.05) is 24.4 Å². The molecule has 1 fully saturated rings. The Kier molecular flexibility index (Phi) is 4.87. The topological polar surface area (TPSA) is 67.6 Å². The molecule has 0 bridgehead atoms. The molecule has 1 N–H and O–H groups in total. The molecule has 0 radical (unpaired) electrons. The van der Waals surface area contributed by atoms with Crippen molar-refractivity contribution in [3.63, 3.8) is 0 Å². The van der Waals surface area contributed by atoms with Crippen LogP contribution < -0.4 is 5.32 Å². The number of amides is 1. The fourth-order valence-corrected chi connectivity index (χ4v) is 3.21. The van der Waals surface area contributed by atoms with E-state index in [0.29, 0.717) is 26.2 Å². The van der Waals surface area contributed by atoms with E-state index < -0.39 is 0 Å². The molecule has 3 heterocycles. The number of nitrogens with one attached hydrogen (secondary N) is 1. The molecule has 1 atom stereocenters. The minimum atomic E-state index is -0.0367. The van der Waals surface area contributed by atoms with E-state index in [4.69, 9.17) is 9.15 Å². The van der Waals surface area contributed by atoms with Gasteiger partial charge in [-0.3, -0.25) is 9.69 Å². The van der Waals surface area contributed by atoms with E-state index in [2.05, 4.69) is 15.2 Å². The van der Waals surface area contributed by atoms with Crippen molar-refractivity contribution >= 4 is 17.2 Å². The second kappa shape index (κ2) is 7.04. The average molecular weight is 321 g/mol. The number of carbonyl (C=O) groups is 1. The molecule has 3 rings (SSSR count). The Labute approximate surface area is 133 Å². The summed E-state index contributed by atoms with van der Waals surface area (Å²) < 4.78 is 11.0. The van der Waals surface area contributed by atoms with Gasteiger partial charge in [0.2, 0.25) is 5.91 Å². The summed E-state index contributed by atoms with van der Waals surface area (Å²) in [5.74, 6) is 0.749. The van der Waals surface area contributed by atoms with Crippen molar-refractivity contribution in [1.29, 1.82) is 0 Å². The Balaban J connectivity index is 1.48. The van der Waals surface area contributed by atoms with E-state index in [1.54, 1.807) is 17.6 Å². The Morgan fingerprint density at radius 3 is 3.23 bits per heavy atom. The first kappa shape index (κ1) is 15.2. The summed E-state index contributed by atoms with van der Waals surface area (Å²) in [6.07, 6.45) is 1.56. The van der Waals surface area contributed by atoms with Gasteiger partial charge in [-0.1, -0.05) is 0 Å². The number of ether oxygens (including phenoxy) is 1. The lowest BCUT2D eigenvalue weighted by atomic mass is 10.2. The van der Waals surface area contributed by atoms with Crippen LogP contribution in [0, 0.1) is 6.92 Å². The molecule has 1 amide bonds. The monoisotopic (exact) mass is 321 g/mol. The van der Waals surface area contributed by atoms with Crippen LogP contribution in [0.3, 0.4) is 0 Å². The maximum Gasteiger partial charge on any atom is 0.234 e. The van der Waals surface area contributed by atoms with E-state index in [0.717, 1.165) is 23.0 Å². The minimum Gasteiger partial charge on any atom is -0.467 e. The van der Waals surface area contributed by atoms with Gasteiger partial charge in [-0.05, 0) is 19.1 Å². The number of aryl methyl sites for hydroxylation is 1. The van der Waals surface area contributed by atoms with Crippen molar-refractivity contribution < 1.29 is 13.9 Å². The van der Waals surface area contributed by atoms with Crippen molar-refractivity contribution in [2.75, 3.05) is 26.2 Å². The zero-order chi connectivity index (χ0) is 15.4. The van der Waals surface area contributed by atoms with Crippen molar-refractivity contribution in [3.8, 4) is 0 Å². The molecule has 0 aromatic carbocycles. The largest absolute Gasteiger partial charge is 0.467 e. The number of aromatic nitrogens is 1. The summed E-state index contributed by atoms with van der Waals surface area (Å²) in [6.45, 7) is 4.84. The third-order valence-corrected chi connectivity index (χ3v) is 4.52. The zero-order valence-corrected chi connectivity index (χ0v) is 13.3. The van der Waals surface area contributed by atoms with Gasteiger partial charge in [0, 0.05) is 24.2 Å². The highest BCUT2D eigenvalue weighted by Crippen LogP contribution is 2.24. The lowest BCUT2D eigenvalue weighted by molar-refractivity contribution is -0.124. The molecule has 1 aliphatic rings. The number of thiazole rings is 1. The summed E-state index contributed by atoms with van der Waals surface area (Å²) in [6, 6.07) is 3.65. The predicted molar refractivity (Wildman–Crippen MR) is 82.5 cm³/mol. The maximum atomic E-state index is 12.0. The standard InChI is InChI=1S/C15H19N3O3S/c1-11-10-22-15(17-11)13-8-18(4-6-21-13)9-14(19)16-7-12-3-2-5-20-12/h2-3,5,10,13H,4,6-9H2,1H3,(H,16,19). The van der Waals surface area contributed by atoms with Crippen LogP contribution in [0.4, 0.5) is 0 Å². The molecule has 0 saturated carbocycles. The fourth-order valence-electron chi connectivity index (χ4n) is 2.37. The second-order valence-electron chi connectivity index (χ2n) is 5.28. The van der Waals surface area contributed by atoms with Gasteiger partial charge >= 0.3 is 0 Å². The molecule has 1 unspecified atom stereocenters. The molecule has 6 nitrogen and oxygen atoms in total. The summed E-state index contributed by atoms with van der Waals surface area (Å²) in [4.78, 5) is 18.6. The predicted octanol–water partition coefficient (Wildman–Crippen LogP) is 1.73. The first-order valence-electron chi connectivity index (χ1n) is 7.26. The highest BCUT2D eigenvalue weighted by molar-refractivity contribution is 7.09. The van der Waals surface area contributed by atoms with Crippen LogP contribution in [-0.4, -0.2) is 42.0 Å². The molecule has 1 saturated heterocycles. The van der Waals surface area contributed by atoms with E-state index in [-0.39, 0.29) is 12.0 Å². The van der Waals surface area contributed by atoms with Crippen molar-refractivity contribution in [1.82, 2.24) is 15.2 Å². The third kappa shape index (κ3) is 3.94. The van der Waals surface area contributed by atoms with Crippen LogP contribution in [0.25, 0.3) is 0 Å². The summed E-state index contributed by atoms with van der Waals surface area (Å²) in [5.41, 5.74) is 1.01. The molecule has 118 valence electrons. The molecule has 22 heavy (non-hydrogen) atoms. The van der Waals surface area contributed by atoms with Gasteiger partial charge in [-0.25, -0.2) is 4.98 Å². The number of furan rings is 1. The summed E-state index contributed by atoms with van der Waals surface area (Å²) >= 11 is 1.61. The Morgan fingerprint density at radius 1 is 1.59 bits per heavy atom. The van der Waals surface area contributed by atoms with Gasteiger partial charge in [0.25, 0.3) is 0 Å². The quantitative estimate of drug-likeness (QED) is 0.908. The number of hydrogen-bond acceptors (Lipinski definition) is 6. The lowest BCUT2D eigenvalue weighted by Crippen LogP contribution is -2.44. The van der Waals surface area contributed by atoms with Crippen LogP contribution in [0.1, 0.15) is 22.6 Å². The Hall–Kier alpha value is -1.70. The maximum absolute atomic E-state index is 12.0. The van der Waals surface area contributed by atoms with Gasteiger partial charge in [0.1, 0.15) is 16.9 Å². The Bertz CT molecular complexity index is 611. The molecule has 2 aromatic rings. The van der Waals surface area contributed by atoms with E-state index in [9.17, 15) is 4.79 Å². The third-order valence-electron chi connectivity index (χ3n) is 3.47. The zero-order valence-electron chi connectivity index (χ0n) is 12.4. The molecular weight excluding hydrogens is 302 g/mol. The van der Waals surface area contributed by atoms with Gasteiger partial charge < -0.3 is 14.5 Å². The normalized spacial score (nSPS) is 19.2. The van der Waals surface area contributed by atoms with Crippen molar-refractivity contribution in [3.05, 3.63) is 40.2 Å². The summed E-state index contributed by atoms with van der Waals surface area (Å²) in [5, 5.41) is 5.87. The number of rotatable bonds is 5. The minimum absolute atomic E-state index is 0.00707. The van der Waals surface area contributed by atoms with Crippen LogP contribution >= 0.6 is 11.3 Å². The molecule has 0 aliphatic carbocycles. The van der Waals surface area contributed by atoms with Gasteiger partial charge in [-0.15, -0.1) is 11.3 Å². The average Bonchev–Trinajstić information content (AvgIpc) is 3.17. The number of hydrogen-bond donors (Lipinski definition) is 1. The lowest BCUT2D eigenvalue weighted by Gasteiger charge is -2.31.